The van der Waals surface area contributed by atoms with E-state index in [0.717, 1.165) is 34.1 Å². The molecular weight excluding hydrogens is 500 g/mol. The summed E-state index contributed by atoms with van der Waals surface area (Å²) in [5, 5.41) is 31.2. The Morgan fingerprint density at radius 3 is 2.13 bits per heavy atom. The van der Waals surface area contributed by atoms with Crippen molar-refractivity contribution in [2.45, 2.75) is 37.6 Å². The van der Waals surface area contributed by atoms with Gasteiger partial charge in [0.25, 0.3) is 10.1 Å². The first-order chi connectivity index (χ1) is 18.2. The van der Waals surface area contributed by atoms with E-state index < -0.39 is 10.1 Å². The van der Waals surface area contributed by atoms with Crippen molar-refractivity contribution >= 4 is 49.3 Å². The number of nitriles is 1. The molecular formula is C28H26N6O3S. The predicted octanol–water partition coefficient (Wildman–Crippen LogP) is 8.33. The van der Waals surface area contributed by atoms with Crippen LogP contribution in [-0.4, -0.2) is 19.0 Å². The van der Waals surface area contributed by atoms with Gasteiger partial charge in [0.1, 0.15) is 0 Å². The van der Waals surface area contributed by atoms with E-state index in [9.17, 15) is 13.0 Å². The Labute approximate surface area is 221 Å². The molecule has 0 aliphatic heterocycles. The number of fused-ring (bicyclic) bond motifs is 1. The predicted molar refractivity (Wildman–Crippen MR) is 148 cm³/mol. The maximum atomic E-state index is 11.4. The van der Waals surface area contributed by atoms with Gasteiger partial charge >= 0.3 is 0 Å². The average Bonchev–Trinajstić information content (AvgIpc) is 2.90. The van der Waals surface area contributed by atoms with E-state index in [4.69, 9.17) is 5.26 Å². The molecule has 0 fully saturated rings. The largest absolute Gasteiger partial charge is 0.383 e. The smallest absolute Gasteiger partial charge is 0.294 e. The van der Waals surface area contributed by atoms with Gasteiger partial charge in [0.05, 0.1) is 33.7 Å². The second-order valence-electron chi connectivity index (χ2n) is 8.77. The van der Waals surface area contributed by atoms with Crippen LogP contribution in [0.15, 0.2) is 104 Å². The number of anilines is 1. The Balaban J connectivity index is 1.58. The molecule has 4 aromatic carbocycles. The molecule has 0 aromatic heterocycles. The average molecular weight is 527 g/mol. The van der Waals surface area contributed by atoms with Crippen LogP contribution in [0.5, 0.6) is 0 Å². The summed E-state index contributed by atoms with van der Waals surface area (Å²) < 4.78 is 32.1. The first-order valence-electron chi connectivity index (χ1n) is 11.9. The summed E-state index contributed by atoms with van der Waals surface area (Å²) in [5.74, 6) is 0. The Bertz CT molecular complexity index is 1680. The quantitative estimate of drug-likeness (QED) is 0.167. The Hall–Kier alpha value is -4.46. The van der Waals surface area contributed by atoms with Crippen LogP contribution in [-0.2, 0) is 10.1 Å². The molecule has 1 unspecified atom stereocenters. The summed E-state index contributed by atoms with van der Waals surface area (Å²) in [7, 11) is -4.33. The number of aryl methyl sites for hydroxylation is 1. The van der Waals surface area contributed by atoms with Gasteiger partial charge in [-0.25, -0.2) is 0 Å². The van der Waals surface area contributed by atoms with Crippen molar-refractivity contribution < 1.29 is 13.0 Å². The van der Waals surface area contributed by atoms with E-state index in [1.54, 1.807) is 18.2 Å². The summed E-state index contributed by atoms with van der Waals surface area (Å²) in [4.78, 5) is -0.248. The Morgan fingerprint density at radius 2 is 1.50 bits per heavy atom. The second kappa shape index (κ2) is 11.7. The lowest BCUT2D eigenvalue weighted by Crippen LogP contribution is -2.14. The summed E-state index contributed by atoms with van der Waals surface area (Å²) in [6, 6.07) is 25.0. The van der Waals surface area contributed by atoms with E-state index in [1.807, 2.05) is 56.3 Å². The summed E-state index contributed by atoms with van der Waals surface area (Å²) in [6.07, 6.45) is 1.28. The van der Waals surface area contributed by atoms with Gasteiger partial charge in [0, 0.05) is 28.9 Å². The fraction of sp³-hybridized carbons (Fsp3) is 0.179. The summed E-state index contributed by atoms with van der Waals surface area (Å²) in [5.41, 5.74) is 4.21. The number of hydrogen-bond donors (Lipinski definition) is 2. The summed E-state index contributed by atoms with van der Waals surface area (Å²) >= 11 is 0. The SMILES string of the molecule is Cc1cc(NC(C)CCC#N)ccc1N=Nc1ccc(N=Nc2cccc(S(=O)(=O)O)c2)c2ccccc12. The van der Waals surface area contributed by atoms with Crippen LogP contribution in [0, 0.1) is 18.3 Å². The van der Waals surface area contributed by atoms with Crippen LogP contribution in [0.1, 0.15) is 25.3 Å². The van der Waals surface area contributed by atoms with Gasteiger partial charge in [-0.2, -0.15) is 23.9 Å². The second-order valence-corrected chi connectivity index (χ2v) is 10.2. The van der Waals surface area contributed by atoms with Crippen LogP contribution >= 0.6 is 0 Å². The lowest BCUT2D eigenvalue weighted by atomic mass is 10.1. The maximum Gasteiger partial charge on any atom is 0.294 e. The zero-order chi connectivity index (χ0) is 27.1. The molecule has 0 saturated carbocycles. The minimum atomic E-state index is -4.33. The highest BCUT2D eigenvalue weighted by molar-refractivity contribution is 7.85. The van der Waals surface area contributed by atoms with Crippen molar-refractivity contribution in [3.8, 4) is 6.07 Å². The van der Waals surface area contributed by atoms with Crippen LogP contribution < -0.4 is 5.32 Å². The monoisotopic (exact) mass is 526 g/mol. The van der Waals surface area contributed by atoms with Crippen LogP contribution in [0.25, 0.3) is 10.8 Å². The van der Waals surface area contributed by atoms with Gasteiger partial charge in [-0.1, -0.05) is 30.3 Å². The van der Waals surface area contributed by atoms with E-state index >= 15 is 0 Å². The molecule has 9 nitrogen and oxygen atoms in total. The molecule has 38 heavy (non-hydrogen) atoms. The number of rotatable bonds is 9. The third-order valence-electron chi connectivity index (χ3n) is 5.83. The minimum absolute atomic E-state index is 0.190. The fourth-order valence-corrected chi connectivity index (χ4v) is 4.38. The summed E-state index contributed by atoms with van der Waals surface area (Å²) in [6.45, 7) is 4.02. The van der Waals surface area contributed by atoms with Crippen molar-refractivity contribution in [1.82, 2.24) is 0 Å². The highest BCUT2D eigenvalue weighted by Crippen LogP contribution is 2.35. The number of benzene rings is 4. The molecule has 192 valence electrons. The number of nitrogens with zero attached hydrogens (tertiary/aromatic N) is 5. The zero-order valence-electron chi connectivity index (χ0n) is 20.9. The topological polar surface area (TPSA) is 140 Å². The van der Waals surface area contributed by atoms with Gasteiger partial charge in [-0.3, -0.25) is 4.55 Å². The van der Waals surface area contributed by atoms with Gasteiger partial charge < -0.3 is 5.32 Å². The van der Waals surface area contributed by atoms with E-state index in [1.165, 1.54) is 18.2 Å². The molecule has 0 amide bonds. The van der Waals surface area contributed by atoms with Gasteiger partial charge in [-0.05, 0) is 74.4 Å². The fourth-order valence-electron chi connectivity index (χ4n) is 3.86. The normalized spacial score (nSPS) is 12.7. The molecule has 2 N–H and O–H groups in total. The minimum Gasteiger partial charge on any atom is -0.383 e. The molecule has 0 spiro atoms. The Morgan fingerprint density at radius 1 is 0.868 bits per heavy atom. The van der Waals surface area contributed by atoms with Crippen molar-refractivity contribution in [3.63, 3.8) is 0 Å². The molecule has 0 aliphatic rings. The molecule has 4 rings (SSSR count). The number of azo groups is 2. The van der Waals surface area contributed by atoms with Crippen LogP contribution in [0.2, 0.25) is 0 Å². The first kappa shape index (κ1) is 26.6. The van der Waals surface area contributed by atoms with E-state index in [0.29, 0.717) is 23.5 Å². The lowest BCUT2D eigenvalue weighted by Gasteiger charge is -2.14. The van der Waals surface area contributed by atoms with Gasteiger partial charge in [0.2, 0.25) is 0 Å². The molecule has 0 radical (unpaired) electrons. The molecule has 0 saturated heterocycles. The molecule has 0 heterocycles. The molecule has 4 aromatic rings. The third-order valence-corrected chi connectivity index (χ3v) is 6.68. The highest BCUT2D eigenvalue weighted by atomic mass is 32.2. The molecule has 0 aliphatic carbocycles. The van der Waals surface area contributed by atoms with Crippen LogP contribution in [0.3, 0.4) is 0 Å². The molecule has 1 atom stereocenters. The number of nitrogens with one attached hydrogen (secondary N) is 1. The van der Waals surface area contributed by atoms with Gasteiger partial charge in [-0.15, -0.1) is 10.2 Å². The van der Waals surface area contributed by atoms with Crippen molar-refractivity contribution in [1.29, 1.82) is 5.26 Å². The first-order valence-corrected chi connectivity index (χ1v) is 13.4. The maximum absolute atomic E-state index is 11.4. The Kier molecular flexibility index (Phi) is 8.21. The molecule has 10 heteroatoms. The number of hydrogen-bond acceptors (Lipinski definition) is 8. The van der Waals surface area contributed by atoms with Crippen molar-refractivity contribution in [2.75, 3.05) is 5.32 Å². The van der Waals surface area contributed by atoms with Crippen molar-refractivity contribution in [2.24, 2.45) is 20.5 Å². The van der Waals surface area contributed by atoms with Crippen LogP contribution in [0.4, 0.5) is 28.4 Å². The standard InChI is InChI=1S/C28H26N6O3S/c1-19-17-21(30-20(2)7-6-16-29)12-13-26(19)32-34-28-15-14-27(24-10-3-4-11-25(24)28)33-31-22-8-5-9-23(18-22)38(35,36)37/h3-5,8-15,17-18,20,30H,6-7H2,1-2H3,(H,35,36,37). The van der Waals surface area contributed by atoms with Crippen molar-refractivity contribution in [3.05, 3.63) is 84.4 Å². The highest BCUT2D eigenvalue weighted by Gasteiger charge is 2.10. The molecule has 0 bridgehead atoms. The lowest BCUT2D eigenvalue weighted by molar-refractivity contribution is 0.483. The van der Waals surface area contributed by atoms with E-state index in [-0.39, 0.29) is 10.9 Å². The van der Waals surface area contributed by atoms with E-state index in [2.05, 4.69) is 31.8 Å². The van der Waals surface area contributed by atoms with Gasteiger partial charge in [0.15, 0.2) is 0 Å². The zero-order valence-corrected chi connectivity index (χ0v) is 21.7. The third kappa shape index (κ3) is 6.64.